The highest BCUT2D eigenvalue weighted by molar-refractivity contribution is 5.79. The van der Waals surface area contributed by atoms with Gasteiger partial charge in [-0.2, -0.15) is 0 Å². The first kappa shape index (κ1) is 14.4. The predicted molar refractivity (Wildman–Crippen MR) is 86.5 cm³/mol. The van der Waals surface area contributed by atoms with E-state index in [0.717, 1.165) is 18.2 Å². The van der Waals surface area contributed by atoms with E-state index in [1.54, 1.807) is 0 Å². The molecule has 2 fully saturated rings. The Morgan fingerprint density at radius 1 is 1.14 bits per heavy atom. The summed E-state index contributed by atoms with van der Waals surface area (Å²) in [7, 11) is 0. The van der Waals surface area contributed by atoms with E-state index in [0.29, 0.717) is 11.8 Å². The lowest BCUT2D eigenvalue weighted by molar-refractivity contribution is -0.119. The Bertz CT molecular complexity index is 496. The summed E-state index contributed by atoms with van der Waals surface area (Å²) in [6.45, 7) is 5.50. The Morgan fingerprint density at radius 2 is 1.81 bits per heavy atom. The molecule has 1 unspecified atom stereocenters. The second kappa shape index (κ2) is 5.70. The fourth-order valence-corrected chi connectivity index (χ4v) is 3.53. The van der Waals surface area contributed by atoms with Gasteiger partial charge in [0.25, 0.3) is 0 Å². The molecule has 0 bridgehead atoms. The minimum Gasteiger partial charge on any atom is -0.380 e. The minimum absolute atomic E-state index is 0.147. The molecule has 1 heterocycles. The topological polar surface area (TPSA) is 41.1 Å². The van der Waals surface area contributed by atoms with Crippen LogP contribution in [0.15, 0.2) is 24.3 Å². The van der Waals surface area contributed by atoms with Crippen molar-refractivity contribution in [3.05, 3.63) is 29.8 Å². The van der Waals surface area contributed by atoms with Crippen molar-refractivity contribution in [1.82, 2.24) is 5.32 Å². The van der Waals surface area contributed by atoms with Gasteiger partial charge in [0.1, 0.15) is 0 Å². The van der Waals surface area contributed by atoms with Gasteiger partial charge in [-0.3, -0.25) is 4.79 Å². The summed E-state index contributed by atoms with van der Waals surface area (Å²) < 4.78 is 0. The fourth-order valence-electron chi connectivity index (χ4n) is 3.53. The van der Waals surface area contributed by atoms with Crippen LogP contribution >= 0.6 is 0 Å². The van der Waals surface area contributed by atoms with Gasteiger partial charge in [0.15, 0.2) is 0 Å². The Hall–Kier alpha value is -1.51. The van der Waals surface area contributed by atoms with Crippen LogP contribution in [0.5, 0.6) is 0 Å². The molecule has 0 radical (unpaired) electrons. The van der Waals surface area contributed by atoms with Crippen LogP contribution in [0, 0.1) is 5.41 Å². The second-order valence-electron chi connectivity index (χ2n) is 7.41. The van der Waals surface area contributed by atoms with Gasteiger partial charge >= 0.3 is 0 Å². The summed E-state index contributed by atoms with van der Waals surface area (Å²) in [6, 6.07) is 9.08. The normalized spacial score (nSPS) is 25.6. The zero-order chi connectivity index (χ0) is 14.9. The number of hydrogen-bond acceptors (Lipinski definition) is 2. The number of amides is 1. The Morgan fingerprint density at radius 3 is 2.38 bits per heavy atom. The number of carbonyl (C=O) groups excluding carboxylic acids is 1. The molecule has 3 rings (SSSR count). The van der Waals surface area contributed by atoms with Crippen LogP contribution in [0.1, 0.15) is 57.4 Å². The van der Waals surface area contributed by atoms with Crippen molar-refractivity contribution in [3.63, 3.8) is 0 Å². The van der Waals surface area contributed by atoms with E-state index in [-0.39, 0.29) is 11.9 Å². The standard InChI is InChI=1S/C18H26N2O/c1-18(2)9-7-14(8-10-18)13-3-5-15(6-4-13)20-16-11-17(21)19-12-16/h3-6,14,16,20H,7-12H2,1-2H3,(H,19,21). The molecule has 1 aliphatic heterocycles. The molecule has 2 aliphatic rings. The van der Waals surface area contributed by atoms with Crippen LogP contribution in [0.2, 0.25) is 0 Å². The highest BCUT2D eigenvalue weighted by Crippen LogP contribution is 2.42. The summed E-state index contributed by atoms with van der Waals surface area (Å²) in [6.07, 6.45) is 5.85. The molecule has 3 nitrogen and oxygen atoms in total. The molecule has 1 saturated carbocycles. The van der Waals surface area contributed by atoms with Gasteiger partial charge in [0.2, 0.25) is 5.91 Å². The van der Waals surface area contributed by atoms with Crippen molar-refractivity contribution >= 4 is 11.6 Å². The van der Waals surface area contributed by atoms with E-state index < -0.39 is 0 Å². The first-order chi connectivity index (χ1) is 10.0. The van der Waals surface area contributed by atoms with Crippen LogP contribution in [-0.2, 0) is 4.79 Å². The van der Waals surface area contributed by atoms with Gasteiger partial charge in [0.05, 0.1) is 6.04 Å². The molecule has 3 heteroatoms. The number of hydrogen-bond donors (Lipinski definition) is 2. The SMILES string of the molecule is CC1(C)CCC(c2ccc(NC3CNC(=O)C3)cc2)CC1. The monoisotopic (exact) mass is 286 g/mol. The highest BCUT2D eigenvalue weighted by Gasteiger charge is 2.27. The molecule has 1 atom stereocenters. The number of rotatable bonds is 3. The number of nitrogens with one attached hydrogen (secondary N) is 2. The van der Waals surface area contributed by atoms with Crippen LogP contribution in [0.3, 0.4) is 0 Å². The molecule has 1 amide bonds. The van der Waals surface area contributed by atoms with Crippen molar-refractivity contribution in [1.29, 1.82) is 0 Å². The van der Waals surface area contributed by atoms with Gasteiger partial charge in [-0.05, 0) is 54.7 Å². The van der Waals surface area contributed by atoms with Crippen LogP contribution in [0.25, 0.3) is 0 Å². The summed E-state index contributed by atoms with van der Waals surface area (Å²) in [5, 5.41) is 6.29. The minimum atomic E-state index is 0.147. The second-order valence-corrected chi connectivity index (χ2v) is 7.41. The van der Waals surface area contributed by atoms with Crippen LogP contribution in [-0.4, -0.2) is 18.5 Å². The van der Waals surface area contributed by atoms with Crippen molar-refractivity contribution in [3.8, 4) is 0 Å². The molecule has 1 aromatic rings. The lowest BCUT2D eigenvalue weighted by Gasteiger charge is -2.34. The summed E-state index contributed by atoms with van der Waals surface area (Å²) in [5.74, 6) is 0.871. The summed E-state index contributed by atoms with van der Waals surface area (Å²) in [5.41, 5.74) is 3.12. The fraction of sp³-hybridized carbons (Fsp3) is 0.611. The van der Waals surface area contributed by atoms with Gasteiger partial charge in [-0.25, -0.2) is 0 Å². The van der Waals surface area contributed by atoms with E-state index in [4.69, 9.17) is 0 Å². The molecule has 0 spiro atoms. The van der Waals surface area contributed by atoms with Crippen molar-refractivity contribution < 1.29 is 4.79 Å². The van der Waals surface area contributed by atoms with E-state index >= 15 is 0 Å². The third-order valence-electron chi connectivity index (χ3n) is 5.07. The molecule has 114 valence electrons. The summed E-state index contributed by atoms with van der Waals surface area (Å²) in [4.78, 5) is 11.2. The van der Waals surface area contributed by atoms with E-state index in [2.05, 4.69) is 48.7 Å². The first-order valence-corrected chi connectivity index (χ1v) is 8.15. The lowest BCUT2D eigenvalue weighted by Crippen LogP contribution is -2.22. The average molecular weight is 286 g/mol. The molecular formula is C18H26N2O. The van der Waals surface area contributed by atoms with E-state index in [9.17, 15) is 4.79 Å². The third kappa shape index (κ3) is 3.58. The van der Waals surface area contributed by atoms with E-state index in [1.165, 1.54) is 31.2 Å². The summed E-state index contributed by atoms with van der Waals surface area (Å²) >= 11 is 0. The first-order valence-electron chi connectivity index (χ1n) is 8.15. The maximum Gasteiger partial charge on any atom is 0.222 e. The Kier molecular flexibility index (Phi) is 3.92. The lowest BCUT2D eigenvalue weighted by atomic mass is 9.71. The van der Waals surface area contributed by atoms with E-state index in [1.807, 2.05) is 0 Å². The van der Waals surface area contributed by atoms with Crippen molar-refractivity contribution in [2.24, 2.45) is 5.41 Å². The predicted octanol–water partition coefficient (Wildman–Crippen LogP) is 3.67. The maximum atomic E-state index is 11.2. The Balaban J connectivity index is 1.58. The zero-order valence-corrected chi connectivity index (χ0v) is 13.1. The van der Waals surface area contributed by atoms with Crippen molar-refractivity contribution in [2.45, 2.75) is 57.9 Å². The third-order valence-corrected chi connectivity index (χ3v) is 5.07. The largest absolute Gasteiger partial charge is 0.380 e. The molecular weight excluding hydrogens is 260 g/mol. The highest BCUT2D eigenvalue weighted by atomic mass is 16.1. The van der Waals surface area contributed by atoms with Gasteiger partial charge in [-0.15, -0.1) is 0 Å². The maximum absolute atomic E-state index is 11.2. The molecule has 1 aliphatic carbocycles. The molecule has 0 aromatic heterocycles. The number of benzene rings is 1. The molecule has 2 N–H and O–H groups in total. The van der Waals surface area contributed by atoms with Gasteiger partial charge in [-0.1, -0.05) is 26.0 Å². The van der Waals surface area contributed by atoms with Gasteiger partial charge in [0, 0.05) is 18.7 Å². The molecule has 1 saturated heterocycles. The smallest absolute Gasteiger partial charge is 0.222 e. The van der Waals surface area contributed by atoms with Gasteiger partial charge < -0.3 is 10.6 Å². The quantitative estimate of drug-likeness (QED) is 0.890. The van der Waals surface area contributed by atoms with Crippen LogP contribution < -0.4 is 10.6 Å². The van der Waals surface area contributed by atoms with Crippen molar-refractivity contribution in [2.75, 3.05) is 11.9 Å². The molecule has 21 heavy (non-hydrogen) atoms. The zero-order valence-electron chi connectivity index (χ0n) is 13.1. The number of anilines is 1. The number of carbonyl (C=O) groups is 1. The molecule has 1 aromatic carbocycles. The average Bonchev–Trinajstić information content (AvgIpc) is 2.85. The van der Waals surface area contributed by atoms with Crippen LogP contribution in [0.4, 0.5) is 5.69 Å². The Labute approximate surface area is 127 Å².